The maximum atomic E-state index is 13.5. The second-order valence-electron chi connectivity index (χ2n) is 5.60. The van der Waals surface area contributed by atoms with Crippen molar-refractivity contribution in [3.05, 3.63) is 46.9 Å². The number of hydrogen-bond acceptors (Lipinski definition) is 4. The molecule has 2 N–H and O–H groups in total. The third-order valence-corrected chi connectivity index (χ3v) is 5.17. The number of carbonyl (C=O) groups excluding carboxylic acids is 1. The molecule has 1 amide bonds. The summed E-state index contributed by atoms with van der Waals surface area (Å²) in [6, 6.07) is 6.55. The van der Waals surface area contributed by atoms with E-state index in [9.17, 15) is 9.18 Å². The van der Waals surface area contributed by atoms with Crippen molar-refractivity contribution in [2.45, 2.75) is 19.0 Å². The Morgan fingerprint density at radius 2 is 2.38 bits per heavy atom. The van der Waals surface area contributed by atoms with E-state index >= 15 is 0 Å². The Morgan fingerprint density at radius 1 is 1.50 bits per heavy atom. The summed E-state index contributed by atoms with van der Waals surface area (Å²) in [6.45, 7) is 1.29. The van der Waals surface area contributed by atoms with Crippen LogP contribution in [0.5, 0.6) is 0 Å². The Kier molecular flexibility index (Phi) is 5.76. The number of nitrogens with zero attached hydrogens (tertiary/aromatic N) is 2. The van der Waals surface area contributed by atoms with E-state index in [-0.39, 0.29) is 17.0 Å². The Bertz CT molecular complexity index is 718. The predicted molar refractivity (Wildman–Crippen MR) is 95.1 cm³/mol. The molecular formula is C16H18ClFN4OS. The largest absolute Gasteiger partial charge is 0.312 e. The van der Waals surface area contributed by atoms with Crippen molar-refractivity contribution in [1.82, 2.24) is 15.1 Å². The SMILES string of the molecule is O=C(CC1CSCCN1)Nc1ccnn1Cc1ccc(Cl)c(F)c1. The summed E-state index contributed by atoms with van der Waals surface area (Å²) in [5.74, 6) is 2.10. The lowest BCUT2D eigenvalue weighted by molar-refractivity contribution is -0.116. The third kappa shape index (κ3) is 4.49. The standard InChI is InChI=1S/C16H18ClFN4OS/c17-13-2-1-11(7-14(13)18)9-22-15(3-4-20-22)21-16(23)8-12-10-24-6-5-19-12/h1-4,7,12,19H,5-6,8-10H2,(H,21,23). The van der Waals surface area contributed by atoms with E-state index in [1.807, 2.05) is 11.8 Å². The van der Waals surface area contributed by atoms with Gasteiger partial charge < -0.3 is 10.6 Å². The summed E-state index contributed by atoms with van der Waals surface area (Å²) in [5, 5.41) is 10.5. The van der Waals surface area contributed by atoms with Gasteiger partial charge in [0, 0.05) is 36.6 Å². The molecule has 1 aromatic carbocycles. The number of thioether (sulfide) groups is 1. The highest BCUT2D eigenvalue weighted by Crippen LogP contribution is 2.18. The third-order valence-electron chi connectivity index (χ3n) is 3.73. The number of halogens is 2. The minimum Gasteiger partial charge on any atom is -0.312 e. The molecule has 0 radical (unpaired) electrons. The van der Waals surface area contributed by atoms with Gasteiger partial charge in [0.2, 0.25) is 5.91 Å². The first-order valence-electron chi connectivity index (χ1n) is 7.68. The van der Waals surface area contributed by atoms with Crippen LogP contribution in [0.15, 0.2) is 30.5 Å². The van der Waals surface area contributed by atoms with Crippen LogP contribution in [0.25, 0.3) is 0 Å². The molecule has 0 bridgehead atoms. The number of benzene rings is 1. The van der Waals surface area contributed by atoms with Crippen LogP contribution < -0.4 is 10.6 Å². The fourth-order valence-electron chi connectivity index (χ4n) is 2.54. The Balaban J connectivity index is 1.62. The molecule has 128 valence electrons. The van der Waals surface area contributed by atoms with E-state index in [0.717, 1.165) is 23.6 Å². The summed E-state index contributed by atoms with van der Waals surface area (Å²) in [4.78, 5) is 12.2. The zero-order valence-corrected chi connectivity index (χ0v) is 14.5. The van der Waals surface area contributed by atoms with Gasteiger partial charge in [-0.25, -0.2) is 9.07 Å². The summed E-state index contributed by atoms with van der Waals surface area (Å²) in [5.41, 5.74) is 0.724. The molecule has 1 aromatic heterocycles. The monoisotopic (exact) mass is 368 g/mol. The number of anilines is 1. The molecule has 5 nitrogen and oxygen atoms in total. The molecule has 1 unspecified atom stereocenters. The van der Waals surface area contributed by atoms with E-state index in [4.69, 9.17) is 11.6 Å². The van der Waals surface area contributed by atoms with Crippen molar-refractivity contribution in [1.29, 1.82) is 0 Å². The fourth-order valence-corrected chi connectivity index (χ4v) is 3.61. The molecule has 0 aliphatic carbocycles. The van der Waals surface area contributed by atoms with Gasteiger partial charge in [-0.05, 0) is 17.7 Å². The Hall–Kier alpha value is -1.57. The first-order valence-corrected chi connectivity index (χ1v) is 9.22. The van der Waals surface area contributed by atoms with Crippen LogP contribution in [0.2, 0.25) is 5.02 Å². The van der Waals surface area contributed by atoms with Crippen LogP contribution in [0.3, 0.4) is 0 Å². The maximum absolute atomic E-state index is 13.5. The van der Waals surface area contributed by atoms with Crippen LogP contribution in [-0.2, 0) is 11.3 Å². The van der Waals surface area contributed by atoms with Crippen molar-refractivity contribution in [3.8, 4) is 0 Å². The molecule has 8 heteroatoms. The van der Waals surface area contributed by atoms with Crippen molar-refractivity contribution in [3.63, 3.8) is 0 Å². The average Bonchev–Trinajstić information content (AvgIpc) is 2.98. The second kappa shape index (κ2) is 8.00. The highest BCUT2D eigenvalue weighted by atomic mass is 35.5. The van der Waals surface area contributed by atoms with Crippen LogP contribution in [0.4, 0.5) is 10.2 Å². The van der Waals surface area contributed by atoms with Gasteiger partial charge in [0.15, 0.2) is 0 Å². The van der Waals surface area contributed by atoms with E-state index in [0.29, 0.717) is 18.8 Å². The van der Waals surface area contributed by atoms with Gasteiger partial charge in [0.25, 0.3) is 0 Å². The van der Waals surface area contributed by atoms with Crippen molar-refractivity contribution in [2.75, 3.05) is 23.4 Å². The summed E-state index contributed by atoms with van der Waals surface area (Å²) in [7, 11) is 0. The van der Waals surface area contributed by atoms with Crippen LogP contribution in [0, 0.1) is 5.82 Å². The lowest BCUT2D eigenvalue weighted by Crippen LogP contribution is -2.40. The summed E-state index contributed by atoms with van der Waals surface area (Å²) < 4.78 is 15.2. The van der Waals surface area contributed by atoms with Crippen molar-refractivity contribution >= 4 is 35.1 Å². The number of hydrogen-bond donors (Lipinski definition) is 2. The van der Waals surface area contributed by atoms with E-state index in [2.05, 4.69) is 15.7 Å². The molecule has 1 saturated heterocycles. The van der Waals surface area contributed by atoms with E-state index < -0.39 is 5.82 Å². The number of amides is 1. The van der Waals surface area contributed by atoms with E-state index in [1.165, 1.54) is 12.1 Å². The molecule has 0 spiro atoms. The molecule has 1 aliphatic rings. The lowest BCUT2D eigenvalue weighted by atomic mass is 10.2. The zero-order chi connectivity index (χ0) is 16.9. The van der Waals surface area contributed by atoms with Crippen LogP contribution >= 0.6 is 23.4 Å². The number of carbonyl (C=O) groups is 1. The highest BCUT2D eigenvalue weighted by Gasteiger charge is 2.17. The molecule has 2 heterocycles. The summed E-state index contributed by atoms with van der Waals surface area (Å²) >= 11 is 7.55. The quantitative estimate of drug-likeness (QED) is 0.852. The average molecular weight is 369 g/mol. The van der Waals surface area contributed by atoms with Gasteiger partial charge in [-0.1, -0.05) is 17.7 Å². The van der Waals surface area contributed by atoms with Crippen molar-refractivity contribution in [2.24, 2.45) is 0 Å². The van der Waals surface area contributed by atoms with Crippen LogP contribution in [-0.4, -0.2) is 39.8 Å². The van der Waals surface area contributed by atoms with E-state index in [1.54, 1.807) is 23.0 Å². The van der Waals surface area contributed by atoms with Crippen molar-refractivity contribution < 1.29 is 9.18 Å². The number of rotatable bonds is 5. The molecule has 2 aromatic rings. The van der Waals surface area contributed by atoms with Gasteiger partial charge in [-0.3, -0.25) is 4.79 Å². The smallest absolute Gasteiger partial charge is 0.227 e. The first kappa shape index (κ1) is 17.3. The fraction of sp³-hybridized carbons (Fsp3) is 0.375. The van der Waals surface area contributed by atoms with Gasteiger partial charge in [0.1, 0.15) is 11.6 Å². The number of nitrogens with one attached hydrogen (secondary N) is 2. The van der Waals surface area contributed by atoms with Gasteiger partial charge in [0.05, 0.1) is 17.8 Å². The first-order chi connectivity index (χ1) is 11.6. The van der Waals surface area contributed by atoms with Crippen LogP contribution in [0.1, 0.15) is 12.0 Å². The summed E-state index contributed by atoms with van der Waals surface area (Å²) in [6.07, 6.45) is 2.03. The topological polar surface area (TPSA) is 59.0 Å². The van der Waals surface area contributed by atoms with Gasteiger partial charge >= 0.3 is 0 Å². The minimum atomic E-state index is -0.465. The molecular weight excluding hydrogens is 351 g/mol. The maximum Gasteiger partial charge on any atom is 0.227 e. The Morgan fingerprint density at radius 3 is 3.12 bits per heavy atom. The van der Waals surface area contributed by atoms with Gasteiger partial charge in [-0.2, -0.15) is 16.9 Å². The molecule has 3 rings (SSSR count). The normalized spacial score (nSPS) is 17.7. The van der Waals surface area contributed by atoms with Gasteiger partial charge in [-0.15, -0.1) is 0 Å². The molecule has 1 fully saturated rings. The Labute approximate surface area is 148 Å². The highest BCUT2D eigenvalue weighted by molar-refractivity contribution is 7.99. The minimum absolute atomic E-state index is 0.0564. The molecule has 1 atom stereocenters. The molecule has 0 saturated carbocycles. The molecule has 24 heavy (non-hydrogen) atoms. The zero-order valence-electron chi connectivity index (χ0n) is 13.0. The predicted octanol–water partition coefficient (Wildman–Crippen LogP) is 2.76. The lowest BCUT2D eigenvalue weighted by Gasteiger charge is -2.22. The second-order valence-corrected chi connectivity index (χ2v) is 7.16. The molecule has 1 aliphatic heterocycles. The number of aromatic nitrogens is 2.